The van der Waals surface area contributed by atoms with Crippen molar-refractivity contribution >= 4 is 45.8 Å². The van der Waals surface area contributed by atoms with Crippen molar-refractivity contribution in [2.24, 2.45) is 0 Å². The molecule has 3 nitrogen and oxygen atoms in total. The minimum Gasteiger partial charge on any atom is -0.354 e. The van der Waals surface area contributed by atoms with E-state index in [1.807, 2.05) is 54.6 Å². The predicted octanol–water partition coefficient (Wildman–Crippen LogP) is 12.5. The topological polar surface area (TPSA) is 39.1 Å². The number of fused-ring (bicyclic) bond motifs is 4. The second-order valence-corrected chi connectivity index (χ2v) is 14.2. The Kier molecular flexibility index (Phi) is 7.97. The van der Waals surface area contributed by atoms with E-state index in [0.717, 1.165) is 61.8 Å². The normalized spacial score (nSPS) is 14.6. The molecule has 0 saturated carbocycles. The van der Waals surface area contributed by atoms with Gasteiger partial charge in [0.1, 0.15) is 0 Å². The molecule has 254 valence electrons. The summed E-state index contributed by atoms with van der Waals surface area (Å²) in [6.45, 7) is 4.67. The zero-order chi connectivity index (χ0) is 35.9. The van der Waals surface area contributed by atoms with Crippen molar-refractivity contribution in [3.05, 3.63) is 221 Å². The highest BCUT2D eigenvalue weighted by Gasteiger charge is 2.37. The molecule has 7 aromatic carbocycles. The molecule has 0 unspecified atom stereocenters. The number of nitrogens with zero attached hydrogens (tertiary/aromatic N) is 1. The van der Waals surface area contributed by atoms with Crippen LogP contribution in [0.2, 0.25) is 0 Å². The van der Waals surface area contributed by atoms with Gasteiger partial charge >= 0.3 is 0 Å². The molecule has 0 fully saturated rings. The number of hydrogen-bond acceptors (Lipinski definition) is 3. The molecule has 0 saturated heterocycles. The standard InChI is InChI=1S/C50H39N3/c1-50(2)42-27-16-15-26-41(42)47-43(50)28-17-29-45(47)53(38-24-13-6-14-25-38)39-30-31-40-37(32-39)33-44(34-18-7-3-8-19-34)52-49(40)46(35-20-9-4-10-21-35)48(51)36-22-11-5-12-23-36/h3-33,51-52H,1-2H3/b49-46-,51-48?. The van der Waals surface area contributed by atoms with Crippen LogP contribution in [0.5, 0.6) is 0 Å². The van der Waals surface area contributed by atoms with E-state index in [2.05, 4.69) is 158 Å². The number of benzene rings is 7. The van der Waals surface area contributed by atoms with Crippen LogP contribution in [0, 0.1) is 5.41 Å². The summed E-state index contributed by atoms with van der Waals surface area (Å²) in [5.74, 6) is 0. The maximum atomic E-state index is 9.64. The van der Waals surface area contributed by atoms with Gasteiger partial charge in [0.05, 0.1) is 17.1 Å². The summed E-state index contributed by atoms with van der Waals surface area (Å²) in [6.07, 6.45) is 2.25. The summed E-state index contributed by atoms with van der Waals surface area (Å²) in [5.41, 5.74) is 16.7. The Bertz CT molecular complexity index is 2550. The van der Waals surface area contributed by atoms with Crippen LogP contribution < -0.4 is 10.2 Å². The Hall–Kier alpha value is -6.71. The zero-order valence-electron chi connectivity index (χ0n) is 29.8. The van der Waals surface area contributed by atoms with Crippen molar-refractivity contribution in [1.82, 2.24) is 5.32 Å². The second kappa shape index (κ2) is 13.1. The molecular weight excluding hydrogens is 643 g/mol. The molecule has 7 aromatic rings. The van der Waals surface area contributed by atoms with Gasteiger partial charge in [0.15, 0.2) is 0 Å². The molecule has 0 amide bonds. The van der Waals surface area contributed by atoms with Crippen LogP contribution in [0.1, 0.15) is 52.8 Å². The van der Waals surface area contributed by atoms with Crippen molar-refractivity contribution in [3.8, 4) is 11.1 Å². The fourth-order valence-electron chi connectivity index (χ4n) is 8.09. The quantitative estimate of drug-likeness (QED) is 0.164. The first-order valence-electron chi connectivity index (χ1n) is 18.2. The number of nitrogens with one attached hydrogen (secondary N) is 2. The highest BCUT2D eigenvalue weighted by Crippen LogP contribution is 2.54. The monoisotopic (exact) mass is 681 g/mol. The van der Waals surface area contributed by atoms with E-state index in [-0.39, 0.29) is 5.41 Å². The maximum absolute atomic E-state index is 9.64. The number of para-hydroxylation sites is 1. The lowest BCUT2D eigenvalue weighted by Gasteiger charge is -2.31. The van der Waals surface area contributed by atoms with Gasteiger partial charge in [-0.2, -0.15) is 0 Å². The molecule has 1 aliphatic heterocycles. The summed E-state index contributed by atoms with van der Waals surface area (Å²) in [7, 11) is 0. The summed E-state index contributed by atoms with van der Waals surface area (Å²) in [4.78, 5) is 2.41. The molecule has 1 heterocycles. The second-order valence-electron chi connectivity index (χ2n) is 14.2. The van der Waals surface area contributed by atoms with Crippen LogP contribution in [-0.2, 0) is 5.41 Å². The van der Waals surface area contributed by atoms with E-state index in [4.69, 9.17) is 0 Å². The number of anilines is 3. The highest BCUT2D eigenvalue weighted by molar-refractivity contribution is 6.36. The van der Waals surface area contributed by atoms with Crippen LogP contribution in [0.4, 0.5) is 17.1 Å². The Morgan fingerprint density at radius 3 is 1.87 bits per heavy atom. The zero-order valence-corrected chi connectivity index (χ0v) is 29.8. The Morgan fingerprint density at radius 1 is 0.547 bits per heavy atom. The van der Waals surface area contributed by atoms with E-state index >= 15 is 0 Å². The smallest absolute Gasteiger partial charge is 0.0711 e. The molecule has 9 rings (SSSR count). The van der Waals surface area contributed by atoms with Crippen molar-refractivity contribution in [2.45, 2.75) is 19.3 Å². The maximum Gasteiger partial charge on any atom is 0.0711 e. The summed E-state index contributed by atoms with van der Waals surface area (Å²) in [5, 5.41) is 13.5. The first-order chi connectivity index (χ1) is 26.0. The van der Waals surface area contributed by atoms with E-state index < -0.39 is 0 Å². The van der Waals surface area contributed by atoms with Crippen LogP contribution in [-0.4, -0.2) is 5.71 Å². The van der Waals surface area contributed by atoms with Gasteiger partial charge in [0.2, 0.25) is 0 Å². The van der Waals surface area contributed by atoms with Gasteiger partial charge in [0, 0.05) is 44.8 Å². The van der Waals surface area contributed by atoms with Gasteiger partial charge in [-0.05, 0) is 69.8 Å². The molecular formula is C50H39N3. The van der Waals surface area contributed by atoms with E-state index in [1.165, 1.54) is 22.3 Å². The van der Waals surface area contributed by atoms with Crippen LogP contribution in [0.15, 0.2) is 182 Å². The van der Waals surface area contributed by atoms with E-state index in [1.54, 1.807) is 0 Å². The fourth-order valence-corrected chi connectivity index (χ4v) is 8.09. The van der Waals surface area contributed by atoms with Crippen molar-refractivity contribution < 1.29 is 0 Å². The van der Waals surface area contributed by atoms with E-state index in [0.29, 0.717) is 5.71 Å². The molecule has 0 atom stereocenters. The number of hydrogen-bond donors (Lipinski definition) is 2. The van der Waals surface area contributed by atoms with Gasteiger partial charge in [0.25, 0.3) is 0 Å². The molecule has 3 heteroatoms. The van der Waals surface area contributed by atoms with E-state index in [9.17, 15) is 5.41 Å². The molecule has 1 aliphatic carbocycles. The van der Waals surface area contributed by atoms with Crippen molar-refractivity contribution in [2.75, 3.05) is 4.90 Å². The minimum atomic E-state index is -0.115. The van der Waals surface area contributed by atoms with Crippen molar-refractivity contribution in [1.29, 1.82) is 5.41 Å². The van der Waals surface area contributed by atoms with Gasteiger partial charge in [-0.1, -0.05) is 166 Å². The SMILES string of the molecule is CC1(C)c2ccccc2-c2c(N(c3ccccc3)c3ccc4c(c3)C=C(c3ccccc3)N/C4=C(\C(=N)c3ccccc3)c3ccccc3)cccc21. The first-order valence-corrected chi connectivity index (χ1v) is 18.2. The Labute approximate surface area is 311 Å². The lowest BCUT2D eigenvalue weighted by Crippen LogP contribution is -2.21. The predicted molar refractivity (Wildman–Crippen MR) is 223 cm³/mol. The number of rotatable bonds is 7. The van der Waals surface area contributed by atoms with Crippen LogP contribution in [0.25, 0.3) is 34.2 Å². The fraction of sp³-hybridized carbons (Fsp3) is 0.0600. The lowest BCUT2D eigenvalue weighted by atomic mass is 9.82. The van der Waals surface area contributed by atoms with Gasteiger partial charge in [-0.25, -0.2) is 0 Å². The minimum absolute atomic E-state index is 0.115. The molecule has 53 heavy (non-hydrogen) atoms. The van der Waals surface area contributed by atoms with Crippen molar-refractivity contribution in [3.63, 3.8) is 0 Å². The average molecular weight is 682 g/mol. The highest BCUT2D eigenvalue weighted by atomic mass is 15.1. The van der Waals surface area contributed by atoms with Gasteiger partial charge in [-0.15, -0.1) is 0 Å². The third kappa shape index (κ3) is 5.58. The average Bonchev–Trinajstić information content (AvgIpc) is 3.46. The summed E-state index contributed by atoms with van der Waals surface area (Å²) >= 11 is 0. The summed E-state index contributed by atoms with van der Waals surface area (Å²) in [6, 6.07) is 63.9. The number of allylic oxidation sites excluding steroid dienone is 1. The van der Waals surface area contributed by atoms with Gasteiger partial charge in [-0.3, -0.25) is 5.41 Å². The van der Waals surface area contributed by atoms with Gasteiger partial charge < -0.3 is 10.2 Å². The molecule has 0 spiro atoms. The Morgan fingerprint density at radius 2 is 1.15 bits per heavy atom. The molecule has 0 radical (unpaired) electrons. The third-order valence-electron chi connectivity index (χ3n) is 10.7. The van der Waals surface area contributed by atoms with Crippen LogP contribution >= 0.6 is 0 Å². The Balaban J connectivity index is 1.29. The third-order valence-corrected chi connectivity index (χ3v) is 10.7. The molecule has 0 aromatic heterocycles. The first kappa shape index (κ1) is 32.2. The molecule has 2 N–H and O–H groups in total. The molecule has 2 aliphatic rings. The summed E-state index contributed by atoms with van der Waals surface area (Å²) < 4.78 is 0. The lowest BCUT2D eigenvalue weighted by molar-refractivity contribution is 0.660. The molecule has 0 bridgehead atoms. The largest absolute Gasteiger partial charge is 0.354 e. The van der Waals surface area contributed by atoms with Crippen LogP contribution in [0.3, 0.4) is 0 Å².